The molecule has 6 heteroatoms. The molecule has 0 radical (unpaired) electrons. The van der Waals surface area contributed by atoms with E-state index in [2.05, 4.69) is 18.8 Å². The normalized spacial score (nSPS) is 17.1. The Morgan fingerprint density at radius 1 is 1.12 bits per heavy atom. The van der Waals surface area contributed by atoms with Crippen molar-refractivity contribution in [3.8, 4) is 0 Å². The Hall–Kier alpha value is -1.66. The highest BCUT2D eigenvalue weighted by atomic mass is 32.2. The van der Waals surface area contributed by atoms with E-state index in [1.165, 1.54) is 4.31 Å². The lowest BCUT2D eigenvalue weighted by Gasteiger charge is -2.28. The number of benzene rings is 1. The fourth-order valence-corrected chi connectivity index (χ4v) is 5.82. The number of Topliss-reactive ketones (excluding diaryl/α,β-unsaturated/α-hetero) is 1. The molecule has 142 valence electrons. The first-order valence-corrected chi connectivity index (χ1v) is 10.8. The number of nitrogens with zero attached hydrogens (tertiary/aromatic N) is 1. The van der Waals surface area contributed by atoms with Gasteiger partial charge in [0.05, 0.1) is 4.90 Å². The maximum atomic E-state index is 13.1. The maximum absolute atomic E-state index is 13.1. The predicted octanol–water partition coefficient (Wildman–Crippen LogP) is 3.92. The molecular weight excluding hydrogens is 348 g/mol. The molecule has 1 aromatic heterocycles. The highest BCUT2D eigenvalue weighted by molar-refractivity contribution is 7.89. The van der Waals surface area contributed by atoms with Gasteiger partial charge in [0.1, 0.15) is 0 Å². The number of aryl methyl sites for hydroxylation is 1. The van der Waals surface area contributed by atoms with Crippen LogP contribution >= 0.6 is 0 Å². The average Bonchev–Trinajstić information content (AvgIpc) is 2.90. The minimum absolute atomic E-state index is 0.0747. The van der Waals surface area contributed by atoms with Crippen LogP contribution in [0.3, 0.4) is 0 Å². The van der Waals surface area contributed by atoms with Gasteiger partial charge in [0, 0.05) is 41.7 Å². The van der Waals surface area contributed by atoms with Crippen LogP contribution in [-0.4, -0.2) is 36.6 Å². The molecule has 0 bridgehead atoms. The monoisotopic (exact) mass is 376 g/mol. The first kappa shape index (κ1) is 19.1. The summed E-state index contributed by atoms with van der Waals surface area (Å²) in [5.41, 5.74) is 3.11. The second-order valence-electron chi connectivity index (χ2n) is 7.87. The minimum Gasteiger partial charge on any atom is -0.358 e. The smallest absolute Gasteiger partial charge is 0.243 e. The molecule has 3 rings (SSSR count). The largest absolute Gasteiger partial charge is 0.358 e. The van der Waals surface area contributed by atoms with Gasteiger partial charge >= 0.3 is 0 Å². The summed E-state index contributed by atoms with van der Waals surface area (Å²) in [4.78, 5) is 16.4. The van der Waals surface area contributed by atoms with Crippen LogP contribution in [0.2, 0.25) is 0 Å². The topological polar surface area (TPSA) is 70.2 Å². The summed E-state index contributed by atoms with van der Waals surface area (Å²) >= 11 is 0. The molecule has 0 amide bonds. The third-order valence-corrected chi connectivity index (χ3v) is 7.47. The van der Waals surface area contributed by atoms with E-state index in [1.54, 1.807) is 6.07 Å². The SMILES string of the molecule is CCc1cc2c3c([nH]c2cc1S(=O)(=O)N(CC)CC)CC(C)(C)CC3=O. The van der Waals surface area contributed by atoms with Crippen molar-refractivity contribution < 1.29 is 13.2 Å². The van der Waals surface area contributed by atoms with Gasteiger partial charge in [-0.2, -0.15) is 4.31 Å². The van der Waals surface area contributed by atoms with Gasteiger partial charge in [-0.3, -0.25) is 4.79 Å². The molecular formula is C20H28N2O3S. The van der Waals surface area contributed by atoms with Crippen LogP contribution in [0.4, 0.5) is 0 Å². The third-order valence-electron chi connectivity index (χ3n) is 5.33. The van der Waals surface area contributed by atoms with Crippen LogP contribution < -0.4 is 0 Å². The number of rotatable bonds is 5. The zero-order chi connectivity index (χ0) is 19.3. The quantitative estimate of drug-likeness (QED) is 0.860. The van der Waals surface area contributed by atoms with Gasteiger partial charge in [-0.25, -0.2) is 8.42 Å². The van der Waals surface area contributed by atoms with E-state index < -0.39 is 10.0 Å². The molecule has 0 fully saturated rings. The number of aromatic amines is 1. The molecule has 1 aliphatic carbocycles. The van der Waals surface area contributed by atoms with E-state index in [9.17, 15) is 13.2 Å². The Morgan fingerprint density at radius 2 is 1.77 bits per heavy atom. The number of carbonyl (C=O) groups excluding carboxylic acids is 1. The van der Waals surface area contributed by atoms with Crippen LogP contribution in [0.15, 0.2) is 17.0 Å². The first-order chi connectivity index (χ1) is 12.1. The van der Waals surface area contributed by atoms with Crippen LogP contribution in [0.25, 0.3) is 10.9 Å². The predicted molar refractivity (Wildman–Crippen MR) is 104 cm³/mol. The Kier molecular flexibility index (Phi) is 4.78. The van der Waals surface area contributed by atoms with Crippen LogP contribution in [-0.2, 0) is 22.9 Å². The molecule has 1 N–H and O–H groups in total. The number of carbonyl (C=O) groups is 1. The van der Waals surface area contributed by atoms with Gasteiger partial charge in [-0.05, 0) is 36.0 Å². The molecule has 0 saturated carbocycles. The summed E-state index contributed by atoms with van der Waals surface area (Å²) in [5.74, 6) is 0.143. The van der Waals surface area contributed by atoms with E-state index >= 15 is 0 Å². The van der Waals surface area contributed by atoms with Crippen molar-refractivity contribution >= 4 is 26.7 Å². The summed E-state index contributed by atoms with van der Waals surface area (Å²) in [7, 11) is -3.54. The van der Waals surface area contributed by atoms with Crippen LogP contribution in [0.1, 0.15) is 62.7 Å². The number of ketones is 1. The van der Waals surface area contributed by atoms with Crippen LogP contribution in [0.5, 0.6) is 0 Å². The first-order valence-electron chi connectivity index (χ1n) is 9.35. The molecule has 0 saturated heterocycles. The highest BCUT2D eigenvalue weighted by Crippen LogP contribution is 2.39. The lowest BCUT2D eigenvalue weighted by Crippen LogP contribution is -2.31. The van der Waals surface area contributed by atoms with Crippen molar-refractivity contribution in [2.75, 3.05) is 13.1 Å². The van der Waals surface area contributed by atoms with E-state index in [-0.39, 0.29) is 11.2 Å². The number of hydrogen-bond acceptors (Lipinski definition) is 3. The van der Waals surface area contributed by atoms with E-state index in [1.807, 2.05) is 26.8 Å². The highest BCUT2D eigenvalue weighted by Gasteiger charge is 2.34. The zero-order valence-corrected chi connectivity index (χ0v) is 17.1. The molecule has 1 aliphatic rings. The molecule has 5 nitrogen and oxygen atoms in total. The van der Waals surface area contributed by atoms with Crippen molar-refractivity contribution in [1.82, 2.24) is 9.29 Å². The summed E-state index contributed by atoms with van der Waals surface area (Å²) < 4.78 is 27.6. The zero-order valence-electron chi connectivity index (χ0n) is 16.3. The van der Waals surface area contributed by atoms with Crippen molar-refractivity contribution in [3.05, 3.63) is 29.0 Å². The van der Waals surface area contributed by atoms with Crippen molar-refractivity contribution in [2.24, 2.45) is 5.41 Å². The third kappa shape index (κ3) is 2.99. The van der Waals surface area contributed by atoms with E-state index in [0.29, 0.717) is 30.8 Å². The van der Waals surface area contributed by atoms with Crippen molar-refractivity contribution in [2.45, 2.75) is 58.8 Å². The van der Waals surface area contributed by atoms with Gasteiger partial charge in [0.25, 0.3) is 0 Å². The fourth-order valence-electron chi connectivity index (χ4n) is 4.06. The Balaban J connectivity index is 2.25. The van der Waals surface area contributed by atoms with Crippen molar-refractivity contribution in [1.29, 1.82) is 0 Å². The molecule has 2 aromatic rings. The number of fused-ring (bicyclic) bond motifs is 3. The van der Waals surface area contributed by atoms with Crippen molar-refractivity contribution in [3.63, 3.8) is 0 Å². The molecule has 0 unspecified atom stereocenters. The summed E-state index contributed by atoms with van der Waals surface area (Å²) in [6.45, 7) is 10.7. The molecule has 0 atom stereocenters. The number of hydrogen-bond donors (Lipinski definition) is 1. The summed E-state index contributed by atoms with van der Waals surface area (Å²) in [6, 6.07) is 3.62. The summed E-state index contributed by atoms with van der Waals surface area (Å²) in [5, 5.41) is 0.857. The minimum atomic E-state index is -3.54. The van der Waals surface area contributed by atoms with Gasteiger partial charge in [-0.1, -0.05) is 34.6 Å². The second-order valence-corrected chi connectivity index (χ2v) is 9.77. The summed E-state index contributed by atoms with van der Waals surface area (Å²) in [6.07, 6.45) is 1.92. The lowest BCUT2D eigenvalue weighted by atomic mass is 9.76. The maximum Gasteiger partial charge on any atom is 0.243 e. The van der Waals surface area contributed by atoms with Gasteiger partial charge in [-0.15, -0.1) is 0 Å². The number of H-pyrrole nitrogens is 1. The van der Waals surface area contributed by atoms with Gasteiger partial charge < -0.3 is 4.98 Å². The fraction of sp³-hybridized carbons (Fsp3) is 0.550. The standard InChI is InChI=1S/C20H28N2O3S/c1-6-13-9-14-15(10-18(13)26(24,25)22(7-2)8-3)21-16-11-20(4,5)12-17(23)19(14)16/h9-10,21H,6-8,11-12H2,1-5H3. The Bertz CT molecular complexity index is 967. The Morgan fingerprint density at radius 3 is 2.35 bits per heavy atom. The van der Waals surface area contributed by atoms with E-state index in [4.69, 9.17) is 0 Å². The second kappa shape index (κ2) is 6.50. The average molecular weight is 377 g/mol. The van der Waals surface area contributed by atoms with E-state index in [0.717, 1.165) is 34.1 Å². The molecule has 0 spiro atoms. The number of nitrogens with one attached hydrogen (secondary N) is 1. The Labute approximate surface area is 155 Å². The molecule has 1 aromatic carbocycles. The van der Waals surface area contributed by atoms with Crippen LogP contribution in [0, 0.1) is 5.41 Å². The molecule has 0 aliphatic heterocycles. The molecule has 26 heavy (non-hydrogen) atoms. The lowest BCUT2D eigenvalue weighted by molar-refractivity contribution is 0.0913. The van der Waals surface area contributed by atoms with Gasteiger partial charge in [0.15, 0.2) is 5.78 Å². The number of aromatic nitrogens is 1. The number of sulfonamides is 1. The molecule has 1 heterocycles. The van der Waals surface area contributed by atoms with Gasteiger partial charge in [0.2, 0.25) is 10.0 Å².